The molecular formula is C26H29N5O5. The summed E-state index contributed by atoms with van der Waals surface area (Å²) in [7, 11) is 3.31. The van der Waals surface area contributed by atoms with Crippen molar-refractivity contribution in [3.63, 3.8) is 0 Å². The number of oxazole rings is 1. The van der Waals surface area contributed by atoms with Crippen molar-refractivity contribution in [2.24, 2.45) is 7.05 Å². The molecule has 4 aromatic rings. The second kappa shape index (κ2) is 10.6. The first-order valence-corrected chi connectivity index (χ1v) is 11.5. The van der Waals surface area contributed by atoms with Crippen LogP contribution in [0.4, 0.5) is 5.69 Å². The number of amides is 2. The molecular weight excluding hydrogens is 462 g/mol. The SMILES string of the molecule is COCc1ccc(C(=O)Nc2ccc(-c3nc(CNC(=O)c4cc(C(C)C)nn4C)c(C)o3)cc2)o1. The smallest absolute Gasteiger partial charge is 0.291 e. The normalized spacial score (nSPS) is 11.2. The third kappa shape index (κ3) is 5.55. The summed E-state index contributed by atoms with van der Waals surface area (Å²) in [6.45, 7) is 6.38. The van der Waals surface area contributed by atoms with E-state index in [4.69, 9.17) is 13.6 Å². The van der Waals surface area contributed by atoms with Gasteiger partial charge in [-0.1, -0.05) is 13.8 Å². The van der Waals surface area contributed by atoms with Crippen LogP contribution in [0.5, 0.6) is 0 Å². The molecule has 3 heterocycles. The minimum Gasteiger partial charge on any atom is -0.453 e. The molecule has 4 rings (SSSR count). The van der Waals surface area contributed by atoms with Crippen LogP contribution >= 0.6 is 0 Å². The minimum absolute atomic E-state index is 0.202. The van der Waals surface area contributed by atoms with E-state index in [9.17, 15) is 9.59 Å². The number of carbonyl (C=O) groups is 2. The number of carbonyl (C=O) groups excluding carboxylic acids is 2. The van der Waals surface area contributed by atoms with Gasteiger partial charge in [0.05, 0.1) is 12.2 Å². The van der Waals surface area contributed by atoms with E-state index >= 15 is 0 Å². The van der Waals surface area contributed by atoms with Gasteiger partial charge in [0.25, 0.3) is 11.8 Å². The molecule has 0 radical (unpaired) electrons. The summed E-state index contributed by atoms with van der Waals surface area (Å²) in [6.07, 6.45) is 0. The highest BCUT2D eigenvalue weighted by Crippen LogP contribution is 2.24. The van der Waals surface area contributed by atoms with Crippen LogP contribution in [0, 0.1) is 6.92 Å². The highest BCUT2D eigenvalue weighted by molar-refractivity contribution is 6.02. The van der Waals surface area contributed by atoms with Crippen LogP contribution < -0.4 is 10.6 Å². The molecule has 0 bridgehead atoms. The van der Waals surface area contributed by atoms with Gasteiger partial charge >= 0.3 is 0 Å². The summed E-state index contributed by atoms with van der Waals surface area (Å²) in [4.78, 5) is 29.6. The van der Waals surface area contributed by atoms with E-state index in [0.29, 0.717) is 41.1 Å². The van der Waals surface area contributed by atoms with Crippen molar-refractivity contribution in [1.82, 2.24) is 20.1 Å². The molecule has 2 amide bonds. The van der Waals surface area contributed by atoms with Crippen LogP contribution in [0.3, 0.4) is 0 Å². The van der Waals surface area contributed by atoms with E-state index in [1.54, 1.807) is 68.2 Å². The van der Waals surface area contributed by atoms with Gasteiger partial charge in [-0.3, -0.25) is 14.3 Å². The van der Waals surface area contributed by atoms with Gasteiger partial charge in [0.2, 0.25) is 5.89 Å². The standard InChI is InChI=1S/C26H29N5O5/c1-15(2)20-12-22(31(4)30-20)24(32)27-13-21-16(3)35-26(29-21)17-6-8-18(9-7-17)28-25(33)23-11-10-19(36-23)14-34-5/h6-12,15H,13-14H2,1-5H3,(H,27,32)(H,28,33). The van der Waals surface area contributed by atoms with E-state index in [1.807, 2.05) is 13.8 Å². The number of aryl methyl sites for hydroxylation is 2. The molecule has 0 saturated heterocycles. The Labute approximate surface area is 208 Å². The van der Waals surface area contributed by atoms with E-state index in [-0.39, 0.29) is 30.0 Å². The van der Waals surface area contributed by atoms with Crippen LogP contribution in [0.25, 0.3) is 11.5 Å². The van der Waals surface area contributed by atoms with E-state index < -0.39 is 0 Å². The zero-order valence-corrected chi connectivity index (χ0v) is 20.9. The monoisotopic (exact) mass is 491 g/mol. The molecule has 36 heavy (non-hydrogen) atoms. The Bertz CT molecular complexity index is 1360. The number of hydrogen-bond acceptors (Lipinski definition) is 7. The average Bonchev–Trinajstić information content (AvgIpc) is 3.57. The fourth-order valence-electron chi connectivity index (χ4n) is 3.56. The van der Waals surface area contributed by atoms with E-state index in [0.717, 1.165) is 11.3 Å². The van der Waals surface area contributed by atoms with Crippen molar-refractivity contribution in [2.45, 2.75) is 39.8 Å². The summed E-state index contributed by atoms with van der Waals surface area (Å²) >= 11 is 0. The Balaban J connectivity index is 1.38. The van der Waals surface area contributed by atoms with Gasteiger partial charge in [-0.05, 0) is 55.3 Å². The first kappa shape index (κ1) is 24.9. The second-order valence-corrected chi connectivity index (χ2v) is 8.67. The van der Waals surface area contributed by atoms with Crippen LogP contribution in [-0.4, -0.2) is 33.7 Å². The van der Waals surface area contributed by atoms with E-state index in [2.05, 4.69) is 20.7 Å². The zero-order valence-electron chi connectivity index (χ0n) is 20.9. The van der Waals surface area contributed by atoms with Gasteiger partial charge in [-0.15, -0.1) is 0 Å². The molecule has 1 aromatic carbocycles. The van der Waals surface area contributed by atoms with Crippen LogP contribution in [0.2, 0.25) is 0 Å². The fourth-order valence-corrected chi connectivity index (χ4v) is 3.56. The maximum atomic E-state index is 12.6. The molecule has 0 unspecified atom stereocenters. The number of aromatic nitrogens is 3. The largest absolute Gasteiger partial charge is 0.453 e. The van der Waals surface area contributed by atoms with Crippen molar-refractivity contribution in [3.8, 4) is 11.5 Å². The summed E-state index contributed by atoms with van der Waals surface area (Å²) in [5.41, 5.74) is 3.32. The molecule has 10 heteroatoms. The van der Waals surface area contributed by atoms with Crippen LogP contribution in [0.15, 0.2) is 51.3 Å². The highest BCUT2D eigenvalue weighted by atomic mass is 16.5. The molecule has 0 saturated carbocycles. The second-order valence-electron chi connectivity index (χ2n) is 8.67. The van der Waals surface area contributed by atoms with Gasteiger partial charge in [-0.25, -0.2) is 4.98 Å². The molecule has 0 atom stereocenters. The van der Waals surface area contributed by atoms with Crippen molar-refractivity contribution in [2.75, 3.05) is 12.4 Å². The average molecular weight is 492 g/mol. The quantitative estimate of drug-likeness (QED) is 0.355. The van der Waals surface area contributed by atoms with Crippen molar-refractivity contribution in [3.05, 3.63) is 76.8 Å². The maximum absolute atomic E-state index is 12.6. The number of rotatable bonds is 9. The molecule has 3 aromatic heterocycles. The lowest BCUT2D eigenvalue weighted by Crippen LogP contribution is -2.25. The lowest BCUT2D eigenvalue weighted by Gasteiger charge is -2.04. The first-order chi connectivity index (χ1) is 17.2. The van der Waals surface area contributed by atoms with Crippen LogP contribution in [0.1, 0.15) is 63.7 Å². The van der Waals surface area contributed by atoms with Gasteiger partial charge in [-0.2, -0.15) is 5.10 Å². The summed E-state index contributed by atoms with van der Waals surface area (Å²) < 4.78 is 17.9. The topological polar surface area (TPSA) is 124 Å². The van der Waals surface area contributed by atoms with Gasteiger partial charge in [0, 0.05) is 25.4 Å². The molecule has 2 N–H and O–H groups in total. The summed E-state index contributed by atoms with van der Waals surface area (Å²) in [5, 5.41) is 10.1. The molecule has 0 fully saturated rings. The maximum Gasteiger partial charge on any atom is 0.291 e. The Morgan fingerprint density at radius 3 is 2.50 bits per heavy atom. The molecule has 0 aliphatic carbocycles. The van der Waals surface area contributed by atoms with Crippen LogP contribution in [-0.2, 0) is 24.9 Å². The number of methoxy groups -OCH3 is 1. The van der Waals surface area contributed by atoms with Crippen molar-refractivity contribution < 1.29 is 23.2 Å². The Morgan fingerprint density at radius 2 is 1.83 bits per heavy atom. The predicted octanol–water partition coefficient (Wildman–Crippen LogP) is 4.43. The van der Waals surface area contributed by atoms with Gasteiger partial charge < -0.3 is 24.2 Å². The molecule has 0 aliphatic heterocycles. The van der Waals surface area contributed by atoms with Gasteiger partial charge in [0.1, 0.15) is 29.5 Å². The summed E-state index contributed by atoms with van der Waals surface area (Å²) in [5.74, 6) is 1.46. The Hall–Kier alpha value is -4.18. The molecule has 188 valence electrons. The molecule has 0 aliphatic rings. The lowest BCUT2D eigenvalue weighted by molar-refractivity contribution is 0.0939. The number of nitrogens with zero attached hydrogens (tertiary/aromatic N) is 3. The number of hydrogen-bond donors (Lipinski definition) is 2. The summed E-state index contributed by atoms with van der Waals surface area (Å²) in [6, 6.07) is 12.2. The molecule has 10 nitrogen and oxygen atoms in total. The lowest BCUT2D eigenvalue weighted by atomic mass is 10.1. The number of anilines is 1. The third-order valence-electron chi connectivity index (χ3n) is 5.59. The highest BCUT2D eigenvalue weighted by Gasteiger charge is 2.17. The Morgan fingerprint density at radius 1 is 1.08 bits per heavy atom. The number of benzene rings is 1. The zero-order chi connectivity index (χ0) is 25.8. The predicted molar refractivity (Wildman–Crippen MR) is 133 cm³/mol. The number of furan rings is 1. The third-order valence-corrected chi connectivity index (χ3v) is 5.59. The number of nitrogens with one attached hydrogen (secondary N) is 2. The molecule has 0 spiro atoms. The Kier molecular flexibility index (Phi) is 7.35. The number of ether oxygens (including phenoxy) is 1. The van der Waals surface area contributed by atoms with E-state index in [1.165, 1.54) is 0 Å². The minimum atomic E-state index is -0.357. The fraction of sp³-hybridized carbons (Fsp3) is 0.308. The van der Waals surface area contributed by atoms with Crippen molar-refractivity contribution >= 4 is 17.5 Å². The van der Waals surface area contributed by atoms with Gasteiger partial charge in [0.15, 0.2) is 5.76 Å². The first-order valence-electron chi connectivity index (χ1n) is 11.5. The van der Waals surface area contributed by atoms with Crippen molar-refractivity contribution in [1.29, 1.82) is 0 Å².